The number of thioether (sulfide) groups is 1. The second-order valence-corrected chi connectivity index (χ2v) is 5.84. The minimum atomic E-state index is 0.119. The third kappa shape index (κ3) is 3.60. The van der Waals surface area contributed by atoms with E-state index >= 15 is 0 Å². The van der Waals surface area contributed by atoms with Gasteiger partial charge in [-0.25, -0.2) is 9.97 Å². The Labute approximate surface area is 134 Å². The molecule has 0 aliphatic rings. The Kier molecular flexibility index (Phi) is 5.31. The maximum absolute atomic E-state index is 6.29. The van der Waals surface area contributed by atoms with E-state index in [1.165, 1.54) is 11.8 Å². The number of aromatic nitrogens is 2. The molecule has 0 bridgehead atoms. The molecule has 2 rings (SSSR count). The molecule has 0 saturated carbocycles. The van der Waals surface area contributed by atoms with E-state index in [9.17, 15) is 0 Å². The third-order valence-electron chi connectivity index (χ3n) is 3.43. The van der Waals surface area contributed by atoms with E-state index in [4.69, 9.17) is 11.6 Å². The molecule has 2 aromatic rings. The number of anilines is 2. The van der Waals surface area contributed by atoms with Crippen LogP contribution in [-0.4, -0.2) is 30.3 Å². The maximum atomic E-state index is 6.29. The molecular formula is C15H19ClN4S. The second-order valence-electron chi connectivity index (χ2n) is 4.66. The van der Waals surface area contributed by atoms with Gasteiger partial charge in [0, 0.05) is 25.2 Å². The monoisotopic (exact) mass is 322 g/mol. The normalized spacial score (nSPS) is 12.0. The summed E-state index contributed by atoms with van der Waals surface area (Å²) in [6.07, 6.45) is 1.97. The van der Waals surface area contributed by atoms with Crippen LogP contribution < -0.4 is 10.2 Å². The molecule has 1 heterocycles. The number of rotatable bonds is 5. The zero-order valence-electron chi connectivity index (χ0n) is 12.6. The van der Waals surface area contributed by atoms with Crippen LogP contribution in [0.4, 0.5) is 11.6 Å². The Morgan fingerprint density at radius 2 is 2.00 bits per heavy atom. The Bertz CT molecular complexity index is 598. The molecule has 1 atom stereocenters. The Morgan fingerprint density at radius 3 is 2.62 bits per heavy atom. The highest BCUT2D eigenvalue weighted by atomic mass is 35.5. The molecule has 1 aromatic heterocycles. The third-order valence-corrected chi connectivity index (χ3v) is 4.32. The number of benzene rings is 1. The summed E-state index contributed by atoms with van der Waals surface area (Å²) in [5, 5.41) is 4.58. The summed E-state index contributed by atoms with van der Waals surface area (Å²) in [4.78, 5) is 11.1. The van der Waals surface area contributed by atoms with Gasteiger partial charge in [-0.1, -0.05) is 41.6 Å². The summed E-state index contributed by atoms with van der Waals surface area (Å²) >= 11 is 7.82. The van der Waals surface area contributed by atoms with Gasteiger partial charge in [-0.2, -0.15) is 0 Å². The summed E-state index contributed by atoms with van der Waals surface area (Å²) in [6, 6.07) is 9.94. The molecule has 4 nitrogen and oxygen atoms in total. The van der Waals surface area contributed by atoms with E-state index in [-0.39, 0.29) is 6.04 Å². The van der Waals surface area contributed by atoms with Crippen molar-refractivity contribution in [1.29, 1.82) is 0 Å². The van der Waals surface area contributed by atoms with Crippen molar-refractivity contribution in [3.8, 4) is 0 Å². The average Bonchev–Trinajstić information content (AvgIpc) is 2.53. The van der Waals surface area contributed by atoms with Gasteiger partial charge in [0.15, 0.2) is 5.16 Å². The minimum absolute atomic E-state index is 0.119. The van der Waals surface area contributed by atoms with Crippen LogP contribution in [0.1, 0.15) is 18.5 Å². The summed E-state index contributed by atoms with van der Waals surface area (Å²) in [5.74, 6) is 1.67. The molecule has 0 amide bonds. The zero-order valence-corrected chi connectivity index (χ0v) is 14.2. The van der Waals surface area contributed by atoms with E-state index in [1.807, 2.05) is 50.7 Å². The Hall–Kier alpha value is -1.46. The van der Waals surface area contributed by atoms with Crippen molar-refractivity contribution in [3.05, 3.63) is 40.9 Å². The quantitative estimate of drug-likeness (QED) is 0.663. The van der Waals surface area contributed by atoms with Crippen molar-refractivity contribution in [2.24, 2.45) is 0 Å². The van der Waals surface area contributed by atoms with Gasteiger partial charge in [0.2, 0.25) is 0 Å². The van der Waals surface area contributed by atoms with Gasteiger partial charge in [-0.3, -0.25) is 0 Å². The highest BCUT2D eigenvalue weighted by molar-refractivity contribution is 7.98. The lowest BCUT2D eigenvalue weighted by molar-refractivity contribution is 0.720. The van der Waals surface area contributed by atoms with Crippen LogP contribution in [0.3, 0.4) is 0 Å². The standard InChI is InChI=1S/C15H19ClN4S/c1-10(11-7-5-6-8-12(11)16)20(3)14-9-13(17-2)18-15(19-14)21-4/h5-10H,1-4H3,(H,17,18,19). The average molecular weight is 323 g/mol. The lowest BCUT2D eigenvalue weighted by atomic mass is 10.1. The van der Waals surface area contributed by atoms with Gasteiger partial charge in [0.1, 0.15) is 11.6 Å². The predicted octanol–water partition coefficient (Wildman–Crippen LogP) is 4.09. The fraction of sp³-hybridized carbons (Fsp3) is 0.333. The van der Waals surface area contributed by atoms with Crippen molar-refractivity contribution in [1.82, 2.24) is 9.97 Å². The molecule has 112 valence electrons. The van der Waals surface area contributed by atoms with Crippen molar-refractivity contribution in [2.75, 3.05) is 30.6 Å². The molecule has 1 aromatic carbocycles. The first-order valence-corrected chi connectivity index (χ1v) is 8.25. The minimum Gasteiger partial charge on any atom is -0.373 e. The first kappa shape index (κ1) is 15.9. The van der Waals surface area contributed by atoms with Gasteiger partial charge in [-0.05, 0) is 24.8 Å². The van der Waals surface area contributed by atoms with Crippen molar-refractivity contribution in [2.45, 2.75) is 18.1 Å². The molecule has 0 radical (unpaired) electrons. The summed E-state index contributed by atoms with van der Waals surface area (Å²) < 4.78 is 0. The summed E-state index contributed by atoms with van der Waals surface area (Å²) in [7, 11) is 3.87. The molecule has 1 unspecified atom stereocenters. The molecule has 0 saturated heterocycles. The summed E-state index contributed by atoms with van der Waals surface area (Å²) in [6.45, 7) is 2.11. The van der Waals surface area contributed by atoms with Crippen molar-refractivity contribution >= 4 is 35.0 Å². The second kappa shape index (κ2) is 7.00. The fourth-order valence-corrected chi connectivity index (χ4v) is 2.70. The fourth-order valence-electron chi connectivity index (χ4n) is 2.03. The molecule has 0 spiro atoms. The largest absolute Gasteiger partial charge is 0.373 e. The number of nitrogens with one attached hydrogen (secondary N) is 1. The Morgan fingerprint density at radius 1 is 1.29 bits per heavy atom. The molecule has 6 heteroatoms. The van der Waals surface area contributed by atoms with Gasteiger partial charge in [0.25, 0.3) is 0 Å². The van der Waals surface area contributed by atoms with Gasteiger partial charge >= 0.3 is 0 Å². The van der Waals surface area contributed by atoms with Crippen LogP contribution in [0.5, 0.6) is 0 Å². The highest BCUT2D eigenvalue weighted by Gasteiger charge is 2.17. The van der Waals surface area contributed by atoms with Crippen molar-refractivity contribution < 1.29 is 0 Å². The molecule has 0 aliphatic carbocycles. The predicted molar refractivity (Wildman–Crippen MR) is 91.6 cm³/mol. The molecule has 21 heavy (non-hydrogen) atoms. The number of hydrogen-bond acceptors (Lipinski definition) is 5. The molecule has 0 aliphatic heterocycles. The zero-order chi connectivity index (χ0) is 15.4. The van der Waals surface area contributed by atoms with Gasteiger partial charge in [0.05, 0.1) is 6.04 Å². The smallest absolute Gasteiger partial charge is 0.191 e. The van der Waals surface area contributed by atoms with Gasteiger partial charge < -0.3 is 10.2 Å². The first-order valence-electron chi connectivity index (χ1n) is 6.65. The topological polar surface area (TPSA) is 41.0 Å². The van der Waals surface area contributed by atoms with E-state index < -0.39 is 0 Å². The summed E-state index contributed by atoms with van der Waals surface area (Å²) in [5.41, 5.74) is 1.08. The van der Waals surface area contributed by atoms with E-state index in [1.54, 1.807) is 0 Å². The van der Waals surface area contributed by atoms with Crippen LogP contribution in [0, 0.1) is 0 Å². The molecular weight excluding hydrogens is 304 g/mol. The first-order chi connectivity index (χ1) is 10.1. The number of halogens is 1. The van der Waals surface area contributed by atoms with Crippen LogP contribution in [-0.2, 0) is 0 Å². The van der Waals surface area contributed by atoms with E-state index in [0.717, 1.165) is 27.4 Å². The SMILES string of the molecule is CNc1cc(N(C)C(C)c2ccccc2Cl)nc(SC)n1. The van der Waals surface area contributed by atoms with Crippen LogP contribution >= 0.6 is 23.4 Å². The Balaban J connectivity index is 2.35. The maximum Gasteiger partial charge on any atom is 0.191 e. The molecule has 1 N–H and O–H groups in total. The van der Waals surface area contributed by atoms with E-state index in [2.05, 4.69) is 27.1 Å². The van der Waals surface area contributed by atoms with Crippen LogP contribution in [0.25, 0.3) is 0 Å². The van der Waals surface area contributed by atoms with Gasteiger partial charge in [-0.15, -0.1) is 0 Å². The number of nitrogens with zero attached hydrogens (tertiary/aromatic N) is 3. The van der Waals surface area contributed by atoms with Crippen LogP contribution in [0.15, 0.2) is 35.5 Å². The number of hydrogen-bond donors (Lipinski definition) is 1. The lowest BCUT2D eigenvalue weighted by Crippen LogP contribution is -2.23. The highest BCUT2D eigenvalue weighted by Crippen LogP contribution is 2.30. The van der Waals surface area contributed by atoms with E-state index in [0.29, 0.717) is 0 Å². The molecule has 0 fully saturated rings. The lowest BCUT2D eigenvalue weighted by Gasteiger charge is -2.27. The van der Waals surface area contributed by atoms with Crippen molar-refractivity contribution in [3.63, 3.8) is 0 Å². The van der Waals surface area contributed by atoms with Crippen LogP contribution in [0.2, 0.25) is 5.02 Å².